The summed E-state index contributed by atoms with van der Waals surface area (Å²) in [5.41, 5.74) is 7.39. The van der Waals surface area contributed by atoms with E-state index in [9.17, 15) is 5.11 Å². The molecule has 0 atom stereocenters. The van der Waals surface area contributed by atoms with Gasteiger partial charge in [-0.2, -0.15) is 5.10 Å². The Labute approximate surface area is 103 Å². The third kappa shape index (κ3) is 2.72. The molecule has 1 heterocycles. The zero-order valence-corrected chi connectivity index (χ0v) is 11.2. The lowest BCUT2D eigenvalue weighted by molar-refractivity contribution is 0.127. The summed E-state index contributed by atoms with van der Waals surface area (Å²) in [6.45, 7) is 6.97. The molecule has 0 aliphatic rings. The van der Waals surface area contributed by atoms with Crippen molar-refractivity contribution < 1.29 is 5.11 Å². The highest BCUT2D eigenvalue weighted by Gasteiger charge is 2.25. The molecule has 1 aromatic heterocycles. The van der Waals surface area contributed by atoms with E-state index in [1.807, 2.05) is 14.0 Å². The number of aliphatic hydroxyl groups is 1. The summed E-state index contributed by atoms with van der Waals surface area (Å²) in [5.74, 6) is 0.835. The minimum atomic E-state index is -0.0788. The number of aryl methyl sites for hydroxylation is 2. The predicted molar refractivity (Wildman–Crippen MR) is 70.9 cm³/mol. The van der Waals surface area contributed by atoms with Crippen LogP contribution in [-0.2, 0) is 7.05 Å². The van der Waals surface area contributed by atoms with Crippen molar-refractivity contribution in [2.24, 2.45) is 12.5 Å². The summed E-state index contributed by atoms with van der Waals surface area (Å²) in [6, 6.07) is 0. The molecule has 0 aliphatic heterocycles. The summed E-state index contributed by atoms with van der Waals surface area (Å²) < 4.78 is 1.75. The Balaban J connectivity index is 2.79. The number of hydrogen-bond acceptors (Lipinski definition) is 4. The number of rotatable bonds is 6. The van der Waals surface area contributed by atoms with Crippen LogP contribution in [-0.4, -0.2) is 28.0 Å². The fraction of sp³-hybridized carbons (Fsp3) is 0.750. The lowest BCUT2D eigenvalue weighted by atomic mass is 9.83. The minimum absolute atomic E-state index is 0.0788. The van der Waals surface area contributed by atoms with Gasteiger partial charge in [0, 0.05) is 19.0 Å². The highest BCUT2D eigenvalue weighted by molar-refractivity contribution is 5.64. The van der Waals surface area contributed by atoms with Gasteiger partial charge in [-0.05, 0) is 19.8 Å². The van der Waals surface area contributed by atoms with Gasteiger partial charge in [0.1, 0.15) is 5.82 Å². The SMILES string of the molecule is CCC(CC)(CO)CNc1c(N)c(C)nn1C. The maximum absolute atomic E-state index is 9.50. The van der Waals surface area contributed by atoms with Crippen molar-refractivity contribution in [3.05, 3.63) is 5.69 Å². The molecule has 0 saturated carbocycles. The van der Waals surface area contributed by atoms with E-state index >= 15 is 0 Å². The molecule has 1 aromatic rings. The second-order valence-corrected chi connectivity index (χ2v) is 4.69. The summed E-state index contributed by atoms with van der Waals surface area (Å²) in [5, 5.41) is 17.1. The normalized spacial score (nSPS) is 11.8. The summed E-state index contributed by atoms with van der Waals surface area (Å²) in [6.07, 6.45) is 1.87. The number of hydrogen-bond donors (Lipinski definition) is 3. The molecule has 0 radical (unpaired) electrons. The average Bonchev–Trinajstić information content (AvgIpc) is 2.57. The van der Waals surface area contributed by atoms with E-state index in [2.05, 4.69) is 24.3 Å². The molecule has 5 nitrogen and oxygen atoms in total. The van der Waals surface area contributed by atoms with E-state index < -0.39 is 0 Å². The van der Waals surface area contributed by atoms with Crippen molar-refractivity contribution in [1.29, 1.82) is 0 Å². The summed E-state index contributed by atoms with van der Waals surface area (Å²) in [7, 11) is 1.87. The molecule has 17 heavy (non-hydrogen) atoms. The molecule has 0 unspecified atom stereocenters. The molecule has 0 bridgehead atoms. The number of aromatic nitrogens is 2. The van der Waals surface area contributed by atoms with E-state index in [0.717, 1.165) is 24.4 Å². The Morgan fingerprint density at radius 3 is 2.35 bits per heavy atom. The Kier molecular flexibility index (Phi) is 4.40. The van der Waals surface area contributed by atoms with E-state index in [1.54, 1.807) is 4.68 Å². The van der Waals surface area contributed by atoms with Crippen LogP contribution in [0.3, 0.4) is 0 Å². The van der Waals surface area contributed by atoms with Gasteiger partial charge in [-0.1, -0.05) is 13.8 Å². The molecule has 98 valence electrons. The van der Waals surface area contributed by atoms with Crippen LogP contribution in [0.1, 0.15) is 32.4 Å². The smallest absolute Gasteiger partial charge is 0.147 e. The van der Waals surface area contributed by atoms with Gasteiger partial charge in [0.25, 0.3) is 0 Å². The summed E-state index contributed by atoms with van der Waals surface area (Å²) >= 11 is 0. The van der Waals surface area contributed by atoms with Gasteiger partial charge in [0.15, 0.2) is 0 Å². The molecule has 0 aliphatic carbocycles. The fourth-order valence-corrected chi connectivity index (χ4v) is 1.93. The van der Waals surface area contributed by atoms with Crippen molar-refractivity contribution in [1.82, 2.24) is 9.78 Å². The second-order valence-electron chi connectivity index (χ2n) is 4.69. The van der Waals surface area contributed by atoms with Crippen LogP contribution in [0.25, 0.3) is 0 Å². The minimum Gasteiger partial charge on any atom is -0.396 e. The van der Waals surface area contributed by atoms with Crippen LogP contribution >= 0.6 is 0 Å². The average molecular weight is 240 g/mol. The van der Waals surface area contributed by atoms with Crippen LogP contribution < -0.4 is 11.1 Å². The van der Waals surface area contributed by atoms with Gasteiger partial charge >= 0.3 is 0 Å². The first kappa shape index (κ1) is 13.8. The molecule has 0 spiro atoms. The van der Waals surface area contributed by atoms with Crippen LogP contribution in [0.15, 0.2) is 0 Å². The molecule has 0 saturated heterocycles. The Bertz CT molecular complexity index is 361. The topological polar surface area (TPSA) is 76.1 Å². The molecule has 1 rings (SSSR count). The number of aliphatic hydroxyl groups excluding tert-OH is 1. The van der Waals surface area contributed by atoms with Crippen molar-refractivity contribution in [3.8, 4) is 0 Å². The predicted octanol–water partition coefficient (Wildman–Crippen LogP) is 1.52. The molecule has 0 aromatic carbocycles. The Hall–Kier alpha value is -1.23. The van der Waals surface area contributed by atoms with Crippen molar-refractivity contribution in [3.63, 3.8) is 0 Å². The molecule has 5 heteroatoms. The van der Waals surface area contributed by atoms with Crippen LogP contribution in [0.2, 0.25) is 0 Å². The standard InChI is InChI=1S/C12H24N4O/c1-5-12(6-2,8-17)7-14-11-10(13)9(3)15-16(11)4/h14,17H,5-8,13H2,1-4H3. The molecular weight excluding hydrogens is 216 g/mol. The third-order valence-electron chi connectivity index (χ3n) is 3.73. The first-order chi connectivity index (χ1) is 7.99. The van der Waals surface area contributed by atoms with Crippen molar-refractivity contribution in [2.45, 2.75) is 33.6 Å². The number of nitrogens with zero attached hydrogens (tertiary/aromatic N) is 2. The van der Waals surface area contributed by atoms with Crippen LogP contribution in [0, 0.1) is 12.3 Å². The largest absolute Gasteiger partial charge is 0.396 e. The number of nitrogens with two attached hydrogens (primary N) is 1. The first-order valence-corrected chi connectivity index (χ1v) is 6.13. The Morgan fingerprint density at radius 2 is 2.00 bits per heavy atom. The number of nitrogens with one attached hydrogen (secondary N) is 1. The van der Waals surface area contributed by atoms with Gasteiger partial charge in [-0.3, -0.25) is 4.68 Å². The zero-order chi connectivity index (χ0) is 13.1. The summed E-state index contributed by atoms with van der Waals surface area (Å²) in [4.78, 5) is 0. The maximum atomic E-state index is 9.50. The second kappa shape index (κ2) is 5.40. The molecule has 0 fully saturated rings. The van der Waals surface area contributed by atoms with Crippen LogP contribution in [0.5, 0.6) is 0 Å². The van der Waals surface area contributed by atoms with Gasteiger partial charge < -0.3 is 16.2 Å². The first-order valence-electron chi connectivity index (χ1n) is 6.13. The molecule has 4 N–H and O–H groups in total. The lowest BCUT2D eigenvalue weighted by Crippen LogP contribution is -2.32. The zero-order valence-electron chi connectivity index (χ0n) is 11.2. The van der Waals surface area contributed by atoms with E-state index in [4.69, 9.17) is 5.73 Å². The van der Waals surface area contributed by atoms with E-state index in [-0.39, 0.29) is 12.0 Å². The molecule has 0 amide bonds. The highest BCUT2D eigenvalue weighted by atomic mass is 16.3. The lowest BCUT2D eigenvalue weighted by Gasteiger charge is -2.30. The van der Waals surface area contributed by atoms with Crippen molar-refractivity contribution in [2.75, 3.05) is 24.2 Å². The fourth-order valence-electron chi connectivity index (χ4n) is 1.93. The Morgan fingerprint density at radius 1 is 1.41 bits per heavy atom. The van der Waals surface area contributed by atoms with Gasteiger partial charge in [-0.15, -0.1) is 0 Å². The van der Waals surface area contributed by atoms with E-state index in [1.165, 1.54) is 0 Å². The van der Waals surface area contributed by atoms with Gasteiger partial charge in [0.05, 0.1) is 18.0 Å². The van der Waals surface area contributed by atoms with Crippen LogP contribution in [0.4, 0.5) is 11.5 Å². The van der Waals surface area contributed by atoms with Gasteiger partial charge in [0.2, 0.25) is 0 Å². The van der Waals surface area contributed by atoms with Crippen molar-refractivity contribution >= 4 is 11.5 Å². The molecular formula is C12H24N4O. The monoisotopic (exact) mass is 240 g/mol. The number of nitrogen functional groups attached to an aromatic ring is 1. The van der Waals surface area contributed by atoms with E-state index in [0.29, 0.717) is 12.2 Å². The maximum Gasteiger partial charge on any atom is 0.147 e. The third-order valence-corrected chi connectivity index (χ3v) is 3.73. The number of anilines is 2. The quantitative estimate of drug-likeness (QED) is 0.704. The van der Waals surface area contributed by atoms with Gasteiger partial charge in [-0.25, -0.2) is 0 Å². The highest BCUT2D eigenvalue weighted by Crippen LogP contribution is 2.28.